The van der Waals surface area contributed by atoms with E-state index < -0.39 is 11.5 Å². The molecule has 0 aliphatic heterocycles. The number of rotatable bonds is 7. The molecule has 3 N–H and O–H groups in total. The van der Waals surface area contributed by atoms with E-state index in [0.717, 1.165) is 12.8 Å². The molecule has 0 aromatic carbocycles. The molecule has 0 aliphatic carbocycles. The summed E-state index contributed by atoms with van der Waals surface area (Å²) in [7, 11) is 1.54. The summed E-state index contributed by atoms with van der Waals surface area (Å²) in [4.78, 5) is 30.1. The highest BCUT2D eigenvalue weighted by molar-refractivity contribution is 5.74. The van der Waals surface area contributed by atoms with Gasteiger partial charge in [0.05, 0.1) is 18.6 Å². The maximum atomic E-state index is 12.0. The number of nitrogens with two attached hydrogens (primary N) is 1. The van der Waals surface area contributed by atoms with Crippen molar-refractivity contribution in [3.8, 4) is 0 Å². The van der Waals surface area contributed by atoms with E-state index in [1.807, 2.05) is 6.92 Å². The first-order chi connectivity index (χ1) is 9.53. The summed E-state index contributed by atoms with van der Waals surface area (Å²) in [5.74, 6) is -0.0875. The average molecular weight is 283 g/mol. The predicted octanol–water partition coefficient (Wildman–Crippen LogP) is 0.945. The number of nitrogen functional groups attached to an aromatic ring is 1. The van der Waals surface area contributed by atoms with Crippen molar-refractivity contribution >= 4 is 11.8 Å². The Balaban J connectivity index is 3.02. The van der Waals surface area contributed by atoms with Crippen molar-refractivity contribution in [2.24, 2.45) is 0 Å². The first kappa shape index (κ1) is 16.2. The summed E-state index contributed by atoms with van der Waals surface area (Å²) in [5.41, 5.74) is 5.45. The van der Waals surface area contributed by atoms with Gasteiger partial charge in [0.15, 0.2) is 0 Å². The number of aromatic nitrogens is 2. The van der Waals surface area contributed by atoms with Crippen molar-refractivity contribution in [3.05, 3.63) is 21.7 Å². The summed E-state index contributed by atoms with van der Waals surface area (Å²) in [5, 5.41) is 0. The van der Waals surface area contributed by atoms with Crippen molar-refractivity contribution in [2.75, 3.05) is 19.5 Å². The molecule has 0 radical (unpaired) electrons. The van der Waals surface area contributed by atoms with Crippen molar-refractivity contribution in [3.63, 3.8) is 0 Å². The minimum atomic E-state index is -0.504. The number of nitrogens with one attached hydrogen (secondary N) is 1. The Morgan fingerprint density at radius 2 is 2.15 bits per heavy atom. The van der Waals surface area contributed by atoms with Gasteiger partial charge in [0.25, 0.3) is 5.56 Å². The van der Waals surface area contributed by atoms with Crippen LogP contribution in [0, 0.1) is 0 Å². The van der Waals surface area contributed by atoms with Crippen LogP contribution in [-0.4, -0.2) is 29.7 Å². The smallest absolute Gasteiger partial charge is 0.310 e. The number of anilines is 1. The Hall–Kier alpha value is -1.89. The first-order valence-corrected chi connectivity index (χ1v) is 6.60. The molecule has 1 rings (SSSR count). The summed E-state index contributed by atoms with van der Waals surface area (Å²) in [6.07, 6.45) is 1.10. The zero-order chi connectivity index (χ0) is 15.1. The summed E-state index contributed by atoms with van der Waals surface area (Å²) < 4.78 is 10.1. The highest BCUT2D eigenvalue weighted by Gasteiger charge is 2.18. The topological polar surface area (TPSA) is 107 Å². The van der Waals surface area contributed by atoms with Gasteiger partial charge in [-0.25, -0.2) is 4.98 Å². The van der Waals surface area contributed by atoms with E-state index in [2.05, 4.69) is 9.97 Å². The molecule has 1 aromatic rings. The number of carbonyl (C=O) groups excluding carboxylic acids is 1. The lowest BCUT2D eigenvalue weighted by atomic mass is 10.1. The molecule has 0 bridgehead atoms. The molecule has 20 heavy (non-hydrogen) atoms. The molecular weight excluding hydrogens is 262 g/mol. The fourth-order valence-corrected chi connectivity index (χ4v) is 1.84. The van der Waals surface area contributed by atoms with Gasteiger partial charge in [0.2, 0.25) is 0 Å². The van der Waals surface area contributed by atoms with E-state index in [9.17, 15) is 9.59 Å². The van der Waals surface area contributed by atoms with Gasteiger partial charge in [-0.3, -0.25) is 9.59 Å². The van der Waals surface area contributed by atoms with Crippen LogP contribution in [0.4, 0.5) is 5.82 Å². The maximum absolute atomic E-state index is 12.0. The number of methoxy groups -OCH3 is 1. The zero-order valence-electron chi connectivity index (χ0n) is 12.1. The van der Waals surface area contributed by atoms with Gasteiger partial charge in [-0.1, -0.05) is 13.3 Å². The SMILES string of the molecule is CCCC(OC)c1nc(N)c(CC(=O)OCC)c(=O)[nH]1. The van der Waals surface area contributed by atoms with Crippen LogP contribution in [0.15, 0.2) is 4.79 Å². The Labute approximate surface area is 117 Å². The number of nitrogens with zero attached hydrogens (tertiary/aromatic N) is 1. The highest BCUT2D eigenvalue weighted by Crippen LogP contribution is 2.18. The van der Waals surface area contributed by atoms with Crippen LogP contribution in [0.25, 0.3) is 0 Å². The van der Waals surface area contributed by atoms with E-state index in [0.29, 0.717) is 5.82 Å². The molecule has 112 valence electrons. The van der Waals surface area contributed by atoms with Gasteiger partial charge in [-0.2, -0.15) is 0 Å². The Kier molecular flexibility index (Phi) is 6.17. The van der Waals surface area contributed by atoms with Crippen LogP contribution >= 0.6 is 0 Å². The quantitative estimate of drug-likeness (QED) is 0.721. The molecule has 0 aliphatic rings. The summed E-state index contributed by atoms with van der Waals surface area (Å²) >= 11 is 0. The second-order valence-corrected chi connectivity index (χ2v) is 4.31. The molecule has 0 saturated heterocycles. The van der Waals surface area contributed by atoms with Crippen molar-refractivity contribution in [1.29, 1.82) is 0 Å². The number of carbonyl (C=O) groups is 1. The monoisotopic (exact) mass is 283 g/mol. The van der Waals surface area contributed by atoms with E-state index in [-0.39, 0.29) is 30.5 Å². The van der Waals surface area contributed by atoms with E-state index in [4.69, 9.17) is 15.2 Å². The van der Waals surface area contributed by atoms with Crippen LogP contribution in [-0.2, 0) is 20.7 Å². The first-order valence-electron chi connectivity index (χ1n) is 6.60. The summed E-state index contributed by atoms with van der Waals surface area (Å²) in [6, 6.07) is 0. The normalized spacial score (nSPS) is 12.2. The zero-order valence-corrected chi connectivity index (χ0v) is 12.1. The second-order valence-electron chi connectivity index (χ2n) is 4.31. The average Bonchev–Trinajstić information content (AvgIpc) is 2.40. The lowest BCUT2D eigenvalue weighted by molar-refractivity contribution is -0.142. The Bertz CT molecular complexity index is 513. The molecule has 0 spiro atoms. The largest absolute Gasteiger partial charge is 0.466 e. The number of ether oxygens (including phenoxy) is 2. The second kappa shape index (κ2) is 7.64. The number of esters is 1. The minimum Gasteiger partial charge on any atom is -0.466 e. The Morgan fingerprint density at radius 1 is 1.45 bits per heavy atom. The van der Waals surface area contributed by atoms with Gasteiger partial charge in [-0.15, -0.1) is 0 Å². The number of hydrogen-bond donors (Lipinski definition) is 2. The van der Waals surface area contributed by atoms with Crippen LogP contribution in [0.1, 0.15) is 44.2 Å². The molecule has 0 saturated carbocycles. The van der Waals surface area contributed by atoms with Gasteiger partial charge < -0.3 is 20.2 Å². The van der Waals surface area contributed by atoms with Crippen LogP contribution in [0.5, 0.6) is 0 Å². The minimum absolute atomic E-state index is 0.0370. The van der Waals surface area contributed by atoms with E-state index >= 15 is 0 Å². The van der Waals surface area contributed by atoms with Crippen LogP contribution in [0.3, 0.4) is 0 Å². The molecule has 1 aromatic heterocycles. The van der Waals surface area contributed by atoms with Crippen molar-refractivity contribution < 1.29 is 14.3 Å². The standard InChI is InChI=1S/C13H21N3O4/c1-4-6-9(19-3)12-15-11(14)8(13(18)16-12)7-10(17)20-5-2/h9H,4-7H2,1-3H3,(H3,14,15,16,18). The van der Waals surface area contributed by atoms with Crippen LogP contribution < -0.4 is 11.3 Å². The van der Waals surface area contributed by atoms with Crippen molar-refractivity contribution in [2.45, 2.75) is 39.2 Å². The van der Waals surface area contributed by atoms with E-state index in [1.165, 1.54) is 0 Å². The lowest BCUT2D eigenvalue weighted by Crippen LogP contribution is -2.24. The molecule has 7 heteroatoms. The maximum Gasteiger partial charge on any atom is 0.310 e. The molecule has 1 atom stereocenters. The number of H-pyrrole nitrogens is 1. The molecule has 7 nitrogen and oxygen atoms in total. The third-order valence-corrected chi connectivity index (χ3v) is 2.83. The fourth-order valence-electron chi connectivity index (χ4n) is 1.84. The van der Waals surface area contributed by atoms with Crippen LogP contribution in [0.2, 0.25) is 0 Å². The van der Waals surface area contributed by atoms with Crippen molar-refractivity contribution in [1.82, 2.24) is 9.97 Å². The fraction of sp³-hybridized carbons (Fsp3) is 0.615. The highest BCUT2D eigenvalue weighted by atomic mass is 16.5. The molecular formula is C13H21N3O4. The van der Waals surface area contributed by atoms with Gasteiger partial charge in [0.1, 0.15) is 17.7 Å². The Morgan fingerprint density at radius 3 is 2.65 bits per heavy atom. The summed E-state index contributed by atoms with van der Waals surface area (Å²) in [6.45, 7) is 3.95. The third-order valence-electron chi connectivity index (χ3n) is 2.83. The molecule has 0 fully saturated rings. The molecule has 1 heterocycles. The van der Waals surface area contributed by atoms with E-state index in [1.54, 1.807) is 14.0 Å². The molecule has 1 unspecified atom stereocenters. The molecule has 0 amide bonds. The van der Waals surface area contributed by atoms with Gasteiger partial charge in [-0.05, 0) is 13.3 Å². The number of hydrogen-bond acceptors (Lipinski definition) is 6. The predicted molar refractivity (Wildman–Crippen MR) is 74.3 cm³/mol. The number of aromatic amines is 1. The lowest BCUT2D eigenvalue weighted by Gasteiger charge is -2.14. The third kappa shape index (κ3) is 4.06. The van der Waals surface area contributed by atoms with Gasteiger partial charge in [0, 0.05) is 7.11 Å². The van der Waals surface area contributed by atoms with Gasteiger partial charge >= 0.3 is 5.97 Å².